The van der Waals surface area contributed by atoms with Crippen LogP contribution in [0.2, 0.25) is 0 Å². The predicted octanol–water partition coefficient (Wildman–Crippen LogP) is 2.54. The Kier molecular flexibility index (Phi) is 7.68. The normalized spacial score (nSPS) is 13.3. The lowest BCUT2D eigenvalue weighted by Gasteiger charge is -2.24. The Bertz CT molecular complexity index is 296. The van der Waals surface area contributed by atoms with Crippen molar-refractivity contribution in [1.29, 1.82) is 0 Å². The lowest BCUT2D eigenvalue weighted by molar-refractivity contribution is 0.300. The maximum atomic E-state index is 12.0. The largest absolute Gasteiger partial charge is 0.301 e. The Balaban J connectivity index is 4.30. The Labute approximate surface area is 111 Å². The van der Waals surface area contributed by atoms with E-state index in [-0.39, 0.29) is 5.75 Å². The molecular formula is C12H26ClNO2S. The second kappa shape index (κ2) is 7.59. The Hall–Kier alpha value is 0.200. The second-order valence-corrected chi connectivity index (χ2v) is 8.56. The van der Waals surface area contributed by atoms with E-state index in [9.17, 15) is 8.42 Å². The molecule has 3 nitrogen and oxygen atoms in total. The number of rotatable bonds is 8. The molecule has 0 aliphatic heterocycles. The van der Waals surface area contributed by atoms with E-state index in [1.54, 1.807) is 20.8 Å². The van der Waals surface area contributed by atoms with Gasteiger partial charge in [0.15, 0.2) is 9.84 Å². The van der Waals surface area contributed by atoms with E-state index in [2.05, 4.69) is 11.8 Å². The van der Waals surface area contributed by atoms with Gasteiger partial charge in [-0.3, -0.25) is 0 Å². The molecule has 0 fully saturated rings. The summed E-state index contributed by atoms with van der Waals surface area (Å²) in [5.41, 5.74) is 0. The highest BCUT2D eigenvalue weighted by molar-refractivity contribution is 7.92. The summed E-state index contributed by atoms with van der Waals surface area (Å²) in [4.78, 5) is 2.14. The maximum Gasteiger partial charge on any atom is 0.156 e. The number of sulfone groups is 1. The number of alkyl halides is 1. The summed E-state index contributed by atoms with van der Waals surface area (Å²) in [6.45, 7) is 9.67. The fourth-order valence-corrected chi connectivity index (χ4v) is 2.74. The highest BCUT2D eigenvalue weighted by Gasteiger charge is 2.28. The molecule has 5 heteroatoms. The Morgan fingerprint density at radius 2 is 1.71 bits per heavy atom. The first-order valence-corrected chi connectivity index (χ1v) is 8.44. The predicted molar refractivity (Wildman–Crippen MR) is 75.6 cm³/mol. The first-order valence-electron chi connectivity index (χ1n) is 6.25. The van der Waals surface area contributed by atoms with Crippen molar-refractivity contribution in [3.05, 3.63) is 0 Å². The topological polar surface area (TPSA) is 37.4 Å². The summed E-state index contributed by atoms with van der Waals surface area (Å²) in [6.07, 6.45) is 2.21. The zero-order chi connectivity index (χ0) is 13.5. The van der Waals surface area contributed by atoms with Gasteiger partial charge in [0.1, 0.15) is 0 Å². The third-order valence-corrected chi connectivity index (χ3v) is 5.59. The van der Waals surface area contributed by atoms with Gasteiger partial charge in [-0.25, -0.2) is 8.42 Å². The van der Waals surface area contributed by atoms with Crippen molar-refractivity contribution in [1.82, 2.24) is 4.90 Å². The van der Waals surface area contributed by atoms with E-state index in [1.165, 1.54) is 0 Å². The number of unbranched alkanes of at least 4 members (excludes halogenated alkanes) is 1. The summed E-state index contributed by atoms with van der Waals surface area (Å²) in [7, 11) is -3.02. The van der Waals surface area contributed by atoms with Gasteiger partial charge < -0.3 is 4.90 Å². The molecule has 0 aromatic heterocycles. The van der Waals surface area contributed by atoms with Gasteiger partial charge in [0.2, 0.25) is 0 Å². The van der Waals surface area contributed by atoms with Gasteiger partial charge in [-0.2, -0.15) is 0 Å². The highest BCUT2D eigenvalue weighted by Crippen LogP contribution is 2.16. The van der Waals surface area contributed by atoms with Crippen molar-refractivity contribution in [3.63, 3.8) is 0 Å². The van der Waals surface area contributed by atoms with Crippen LogP contribution in [-0.4, -0.2) is 49.3 Å². The van der Waals surface area contributed by atoms with E-state index in [0.29, 0.717) is 12.4 Å². The van der Waals surface area contributed by atoms with Gasteiger partial charge >= 0.3 is 0 Å². The molecule has 0 bridgehead atoms. The Morgan fingerprint density at radius 1 is 1.12 bits per heavy atom. The van der Waals surface area contributed by atoms with E-state index >= 15 is 0 Å². The molecule has 0 unspecified atom stereocenters. The summed E-state index contributed by atoms with van der Waals surface area (Å²) < 4.78 is 23.3. The molecule has 0 aromatic carbocycles. The highest BCUT2D eigenvalue weighted by atomic mass is 35.5. The molecular weight excluding hydrogens is 258 g/mol. The number of nitrogens with zero attached hydrogens (tertiary/aromatic N) is 1. The molecule has 0 aliphatic carbocycles. The van der Waals surface area contributed by atoms with E-state index < -0.39 is 14.6 Å². The monoisotopic (exact) mass is 283 g/mol. The quantitative estimate of drug-likeness (QED) is 0.643. The summed E-state index contributed by atoms with van der Waals surface area (Å²) in [6, 6.07) is 0. The van der Waals surface area contributed by atoms with Crippen LogP contribution >= 0.6 is 11.6 Å². The molecule has 0 saturated heterocycles. The average Bonchev–Trinajstić information content (AvgIpc) is 2.20. The molecule has 0 aromatic rings. The van der Waals surface area contributed by atoms with Crippen molar-refractivity contribution < 1.29 is 8.42 Å². The third-order valence-electron chi connectivity index (χ3n) is 2.84. The van der Waals surface area contributed by atoms with E-state index in [1.807, 2.05) is 0 Å². The summed E-state index contributed by atoms with van der Waals surface area (Å²) >= 11 is 5.72. The molecule has 0 spiro atoms. The molecule has 0 aliphatic rings. The average molecular weight is 284 g/mol. The third kappa shape index (κ3) is 6.63. The minimum atomic E-state index is -3.02. The first kappa shape index (κ1) is 17.2. The fraction of sp³-hybridized carbons (Fsp3) is 1.00. The molecule has 17 heavy (non-hydrogen) atoms. The van der Waals surface area contributed by atoms with Crippen LogP contribution in [0.3, 0.4) is 0 Å². The van der Waals surface area contributed by atoms with Crippen LogP contribution < -0.4 is 0 Å². The van der Waals surface area contributed by atoms with Crippen molar-refractivity contribution in [2.24, 2.45) is 0 Å². The minimum Gasteiger partial charge on any atom is -0.301 e. The standard InChI is InChI=1S/C12H26ClNO2S/c1-5-6-8-14(9-7-13)10-11-17(15,16)12(2,3)4/h5-11H2,1-4H3. The fourth-order valence-electron chi connectivity index (χ4n) is 1.39. The van der Waals surface area contributed by atoms with Crippen LogP contribution in [0.1, 0.15) is 40.5 Å². The Morgan fingerprint density at radius 3 is 2.12 bits per heavy atom. The first-order chi connectivity index (χ1) is 7.74. The van der Waals surface area contributed by atoms with E-state index in [0.717, 1.165) is 25.9 Å². The molecule has 0 atom stereocenters. The van der Waals surface area contributed by atoms with Gasteiger partial charge in [0.05, 0.1) is 10.5 Å². The van der Waals surface area contributed by atoms with Crippen LogP contribution in [0.5, 0.6) is 0 Å². The molecule has 0 N–H and O–H groups in total. The zero-order valence-electron chi connectivity index (χ0n) is 11.5. The number of hydrogen-bond acceptors (Lipinski definition) is 3. The molecule has 0 radical (unpaired) electrons. The van der Waals surface area contributed by atoms with Gasteiger partial charge in [-0.15, -0.1) is 11.6 Å². The molecule has 0 rings (SSSR count). The summed E-state index contributed by atoms with van der Waals surface area (Å²) in [5, 5.41) is 0. The van der Waals surface area contributed by atoms with E-state index in [4.69, 9.17) is 11.6 Å². The number of halogens is 1. The molecule has 0 heterocycles. The van der Waals surface area contributed by atoms with Gasteiger partial charge in [-0.1, -0.05) is 13.3 Å². The lowest BCUT2D eigenvalue weighted by Crippen LogP contribution is -2.37. The van der Waals surface area contributed by atoms with Crippen molar-refractivity contribution >= 4 is 21.4 Å². The van der Waals surface area contributed by atoms with Crippen molar-refractivity contribution in [3.8, 4) is 0 Å². The minimum absolute atomic E-state index is 0.219. The van der Waals surface area contributed by atoms with Gasteiger partial charge in [-0.05, 0) is 33.7 Å². The van der Waals surface area contributed by atoms with Crippen molar-refractivity contribution in [2.45, 2.75) is 45.3 Å². The van der Waals surface area contributed by atoms with Crippen LogP contribution in [-0.2, 0) is 9.84 Å². The maximum absolute atomic E-state index is 12.0. The van der Waals surface area contributed by atoms with Gasteiger partial charge in [0, 0.05) is 19.0 Å². The van der Waals surface area contributed by atoms with Crippen molar-refractivity contribution in [2.75, 3.05) is 31.3 Å². The SMILES string of the molecule is CCCCN(CCCl)CCS(=O)(=O)C(C)(C)C. The van der Waals surface area contributed by atoms with Crippen LogP contribution in [0.25, 0.3) is 0 Å². The molecule has 104 valence electrons. The smallest absolute Gasteiger partial charge is 0.156 e. The van der Waals surface area contributed by atoms with Crippen LogP contribution in [0, 0.1) is 0 Å². The second-order valence-electron chi connectivity index (χ2n) is 5.32. The van der Waals surface area contributed by atoms with Gasteiger partial charge in [0.25, 0.3) is 0 Å². The number of hydrogen-bond donors (Lipinski definition) is 0. The summed E-state index contributed by atoms with van der Waals surface area (Å²) in [5.74, 6) is 0.774. The van der Waals surface area contributed by atoms with Crippen LogP contribution in [0.4, 0.5) is 0 Å². The lowest BCUT2D eigenvalue weighted by atomic mass is 10.3. The zero-order valence-corrected chi connectivity index (χ0v) is 13.1. The molecule has 0 saturated carbocycles. The van der Waals surface area contributed by atoms with Crippen LogP contribution in [0.15, 0.2) is 0 Å². The molecule has 0 amide bonds.